The molecule has 0 aliphatic rings. The van der Waals surface area contributed by atoms with Gasteiger partial charge >= 0.3 is 0 Å². The van der Waals surface area contributed by atoms with Gasteiger partial charge in [0.05, 0.1) is 7.11 Å². The van der Waals surface area contributed by atoms with E-state index in [9.17, 15) is 13.6 Å². The number of ether oxygens (including phenoxy) is 1. The van der Waals surface area contributed by atoms with E-state index in [4.69, 9.17) is 4.74 Å². The van der Waals surface area contributed by atoms with Gasteiger partial charge in [0.1, 0.15) is 17.4 Å². The Balaban J connectivity index is 1.59. The van der Waals surface area contributed by atoms with E-state index in [1.165, 1.54) is 35.2 Å². The quantitative estimate of drug-likeness (QED) is 0.498. The molecule has 1 N–H and O–H groups in total. The maximum absolute atomic E-state index is 13.2. The van der Waals surface area contributed by atoms with Gasteiger partial charge in [-0.05, 0) is 42.0 Å². The zero-order valence-corrected chi connectivity index (χ0v) is 15.2. The number of halogens is 2. The summed E-state index contributed by atoms with van der Waals surface area (Å²) < 4.78 is 32.0. The molecule has 0 spiro atoms. The number of hydrogen-bond acceptors (Lipinski definition) is 6. The summed E-state index contributed by atoms with van der Waals surface area (Å²) in [6, 6.07) is 10.0. The van der Waals surface area contributed by atoms with E-state index in [2.05, 4.69) is 15.5 Å². The molecule has 0 unspecified atom stereocenters. The van der Waals surface area contributed by atoms with Crippen molar-refractivity contribution in [2.75, 3.05) is 12.4 Å². The van der Waals surface area contributed by atoms with Gasteiger partial charge in [-0.2, -0.15) is 0 Å². The van der Waals surface area contributed by atoms with Crippen LogP contribution in [0.3, 0.4) is 0 Å². The number of amides is 1. The minimum Gasteiger partial charge on any atom is -0.497 e. The first-order chi connectivity index (χ1) is 12.5. The Morgan fingerprint density at radius 3 is 2.50 bits per heavy atom. The Kier molecular flexibility index (Phi) is 5.79. The number of thioether (sulfide) groups is 1. The fraction of sp³-hybridized carbons (Fsp3) is 0.118. The van der Waals surface area contributed by atoms with Crippen molar-refractivity contribution in [2.45, 2.75) is 10.1 Å². The molecule has 0 saturated carbocycles. The summed E-state index contributed by atoms with van der Waals surface area (Å²) in [5.41, 5.74) is 0.969. The molecule has 5 nitrogen and oxygen atoms in total. The van der Waals surface area contributed by atoms with Gasteiger partial charge in [-0.1, -0.05) is 23.1 Å². The Morgan fingerprint density at radius 2 is 1.85 bits per heavy atom. The van der Waals surface area contributed by atoms with Crippen LogP contribution in [0, 0.1) is 11.6 Å². The van der Waals surface area contributed by atoms with Gasteiger partial charge in [0.25, 0.3) is 5.91 Å². The number of anilines is 1. The molecule has 3 rings (SSSR count). The molecular formula is C17H13F2N3O2S2. The minimum atomic E-state index is -0.620. The monoisotopic (exact) mass is 393 g/mol. The number of carbonyl (C=O) groups is 1. The number of carbonyl (C=O) groups excluding carboxylic acids is 1. The SMILES string of the molecule is COc1ccc(C(=O)Nc2nnc(SCc3cc(F)cc(F)c3)s2)cc1. The molecule has 0 bridgehead atoms. The van der Waals surface area contributed by atoms with E-state index < -0.39 is 11.6 Å². The second-order valence-corrected chi connectivity index (χ2v) is 7.32. The van der Waals surface area contributed by atoms with E-state index in [1.807, 2.05) is 0 Å². The zero-order valence-electron chi connectivity index (χ0n) is 13.5. The molecular weight excluding hydrogens is 380 g/mol. The molecule has 3 aromatic rings. The lowest BCUT2D eigenvalue weighted by atomic mass is 10.2. The molecule has 1 heterocycles. The van der Waals surface area contributed by atoms with E-state index >= 15 is 0 Å². The summed E-state index contributed by atoms with van der Waals surface area (Å²) >= 11 is 2.47. The Hall–Kier alpha value is -2.52. The molecule has 0 radical (unpaired) electrons. The highest BCUT2D eigenvalue weighted by Crippen LogP contribution is 2.29. The topological polar surface area (TPSA) is 64.1 Å². The van der Waals surface area contributed by atoms with Crippen molar-refractivity contribution in [2.24, 2.45) is 0 Å². The number of methoxy groups -OCH3 is 1. The van der Waals surface area contributed by atoms with Gasteiger partial charge in [-0.15, -0.1) is 10.2 Å². The average molecular weight is 393 g/mol. The number of hydrogen-bond donors (Lipinski definition) is 1. The number of nitrogens with zero attached hydrogens (tertiary/aromatic N) is 2. The standard InChI is InChI=1S/C17H13F2N3O2S2/c1-24-14-4-2-11(3-5-14)15(23)20-16-21-22-17(26-16)25-9-10-6-12(18)8-13(19)7-10/h2-8H,9H2,1H3,(H,20,21,23). The van der Waals surface area contributed by atoms with Crippen molar-refractivity contribution in [3.05, 3.63) is 65.2 Å². The fourth-order valence-corrected chi connectivity index (χ4v) is 3.75. The zero-order chi connectivity index (χ0) is 18.5. The molecule has 0 saturated heterocycles. The molecule has 0 aliphatic heterocycles. The number of aromatic nitrogens is 2. The first-order valence-electron chi connectivity index (χ1n) is 7.40. The predicted octanol–water partition coefficient (Wildman–Crippen LogP) is 4.37. The highest BCUT2D eigenvalue weighted by atomic mass is 32.2. The first-order valence-corrected chi connectivity index (χ1v) is 9.20. The second-order valence-electron chi connectivity index (χ2n) is 5.12. The summed E-state index contributed by atoms with van der Waals surface area (Å²) in [7, 11) is 1.55. The molecule has 0 fully saturated rings. The van der Waals surface area contributed by atoms with Crippen molar-refractivity contribution in [3.8, 4) is 5.75 Å². The number of rotatable bonds is 6. The van der Waals surface area contributed by atoms with Crippen LogP contribution in [0.5, 0.6) is 5.75 Å². The molecule has 134 valence electrons. The second kappa shape index (κ2) is 8.24. The highest BCUT2D eigenvalue weighted by molar-refractivity contribution is 8.00. The van der Waals surface area contributed by atoms with Gasteiger partial charge in [0.2, 0.25) is 5.13 Å². The molecule has 0 atom stereocenters. The third-order valence-electron chi connectivity index (χ3n) is 3.26. The lowest BCUT2D eigenvalue weighted by molar-refractivity contribution is 0.102. The summed E-state index contributed by atoms with van der Waals surface area (Å²) in [4.78, 5) is 12.2. The number of benzene rings is 2. The maximum Gasteiger partial charge on any atom is 0.257 e. The predicted molar refractivity (Wildman–Crippen MR) is 96.8 cm³/mol. The maximum atomic E-state index is 13.2. The van der Waals surface area contributed by atoms with Crippen LogP contribution in [-0.2, 0) is 5.75 Å². The summed E-state index contributed by atoms with van der Waals surface area (Å²) in [5, 5.41) is 10.9. The average Bonchev–Trinajstić information content (AvgIpc) is 3.06. The normalized spacial score (nSPS) is 10.6. The van der Waals surface area contributed by atoms with Gasteiger partial charge < -0.3 is 4.74 Å². The first kappa shape index (κ1) is 18.3. The summed E-state index contributed by atoms with van der Waals surface area (Å²) in [6.07, 6.45) is 0. The van der Waals surface area contributed by atoms with Crippen LogP contribution in [0.4, 0.5) is 13.9 Å². The molecule has 0 aliphatic carbocycles. The Bertz CT molecular complexity index is 896. The highest BCUT2D eigenvalue weighted by Gasteiger charge is 2.11. The molecule has 1 aromatic heterocycles. The van der Waals surface area contributed by atoms with Crippen LogP contribution < -0.4 is 10.1 Å². The van der Waals surface area contributed by atoms with Gasteiger partial charge in [-0.25, -0.2) is 8.78 Å². The van der Waals surface area contributed by atoms with Crippen molar-refractivity contribution < 1.29 is 18.3 Å². The lowest BCUT2D eigenvalue weighted by Gasteiger charge is -2.02. The van der Waals surface area contributed by atoms with E-state index in [1.54, 1.807) is 31.4 Å². The number of nitrogens with one attached hydrogen (secondary N) is 1. The third kappa shape index (κ3) is 4.77. The third-order valence-corrected chi connectivity index (χ3v) is 5.31. The van der Waals surface area contributed by atoms with Gasteiger partial charge in [-0.3, -0.25) is 10.1 Å². The summed E-state index contributed by atoms with van der Waals surface area (Å²) in [6.45, 7) is 0. The van der Waals surface area contributed by atoms with Crippen molar-refractivity contribution >= 4 is 34.1 Å². The van der Waals surface area contributed by atoms with Crippen LogP contribution in [-0.4, -0.2) is 23.2 Å². The molecule has 1 amide bonds. The Morgan fingerprint density at radius 1 is 1.15 bits per heavy atom. The van der Waals surface area contributed by atoms with Crippen molar-refractivity contribution in [3.63, 3.8) is 0 Å². The molecule has 2 aromatic carbocycles. The van der Waals surface area contributed by atoms with Gasteiger partial charge in [0, 0.05) is 17.4 Å². The fourth-order valence-electron chi connectivity index (χ4n) is 2.07. The lowest BCUT2D eigenvalue weighted by Crippen LogP contribution is -2.11. The van der Waals surface area contributed by atoms with E-state index in [0.717, 1.165) is 6.07 Å². The largest absolute Gasteiger partial charge is 0.497 e. The van der Waals surface area contributed by atoms with E-state index in [-0.39, 0.29) is 5.91 Å². The molecule has 26 heavy (non-hydrogen) atoms. The van der Waals surface area contributed by atoms with Gasteiger partial charge in [0.15, 0.2) is 4.34 Å². The molecule has 9 heteroatoms. The van der Waals surface area contributed by atoms with Crippen molar-refractivity contribution in [1.29, 1.82) is 0 Å². The van der Waals surface area contributed by atoms with Crippen LogP contribution in [0.2, 0.25) is 0 Å². The van der Waals surface area contributed by atoms with Crippen LogP contribution >= 0.6 is 23.1 Å². The Labute approximate surface area is 156 Å². The van der Waals surface area contributed by atoms with Crippen LogP contribution in [0.15, 0.2) is 46.8 Å². The van der Waals surface area contributed by atoms with Crippen molar-refractivity contribution in [1.82, 2.24) is 10.2 Å². The van der Waals surface area contributed by atoms with Crippen LogP contribution in [0.25, 0.3) is 0 Å². The van der Waals surface area contributed by atoms with Crippen LogP contribution in [0.1, 0.15) is 15.9 Å². The summed E-state index contributed by atoms with van der Waals surface area (Å²) in [5.74, 6) is -0.552. The minimum absolute atomic E-state index is 0.312. The van der Waals surface area contributed by atoms with E-state index in [0.29, 0.717) is 32.1 Å². The smallest absolute Gasteiger partial charge is 0.257 e.